The molecule has 0 saturated carbocycles. The van der Waals surface area contributed by atoms with E-state index >= 15 is 0 Å². The molecule has 0 fully saturated rings. The Labute approximate surface area is 195 Å². The predicted octanol–water partition coefficient (Wildman–Crippen LogP) is 3.28. The second kappa shape index (κ2) is 9.38. The first-order chi connectivity index (χ1) is 16.3. The van der Waals surface area contributed by atoms with Crippen LogP contribution < -0.4 is 5.32 Å². The molecule has 0 aromatic carbocycles. The van der Waals surface area contributed by atoms with Gasteiger partial charge in [-0.05, 0) is 61.4 Å². The van der Waals surface area contributed by atoms with Gasteiger partial charge in [-0.25, -0.2) is 9.59 Å². The molecule has 0 spiro atoms. The van der Waals surface area contributed by atoms with E-state index < -0.39 is 18.0 Å². The molecule has 0 radical (unpaired) electrons. The number of hydrogen-bond donors (Lipinski definition) is 3. The number of hydrogen-bond acceptors (Lipinski definition) is 6. The van der Waals surface area contributed by atoms with Gasteiger partial charge in [0.2, 0.25) is 0 Å². The third-order valence-electron chi connectivity index (χ3n) is 5.24. The molecule has 0 amide bonds. The Bertz CT molecular complexity index is 1410. The van der Waals surface area contributed by atoms with Crippen molar-refractivity contribution in [3.8, 4) is 11.8 Å². The van der Waals surface area contributed by atoms with E-state index in [-0.39, 0.29) is 11.1 Å². The monoisotopic (exact) mass is 452 g/mol. The van der Waals surface area contributed by atoms with Crippen LogP contribution in [0.1, 0.15) is 50.0 Å². The zero-order chi connectivity index (χ0) is 24.2. The molecule has 1 atom stereocenters. The van der Waals surface area contributed by atoms with Gasteiger partial charge in [-0.3, -0.25) is 15.0 Å². The van der Waals surface area contributed by atoms with Crippen LogP contribution in [0, 0.1) is 25.7 Å². The highest BCUT2D eigenvalue weighted by Crippen LogP contribution is 2.26. The third-order valence-corrected chi connectivity index (χ3v) is 5.24. The molecule has 3 N–H and O–H groups in total. The van der Waals surface area contributed by atoms with Crippen LogP contribution in [0.15, 0.2) is 66.8 Å². The second-order valence-electron chi connectivity index (χ2n) is 7.71. The Morgan fingerprint density at radius 3 is 2.41 bits per heavy atom. The molecule has 0 aliphatic carbocycles. The van der Waals surface area contributed by atoms with Gasteiger partial charge in [0.25, 0.3) is 0 Å². The SMILES string of the molecule is Cc1cncc(C)c1C#Cc1ccnc(C2=CC(C(=O)O)=CC(c3cc(C(=O)O)ccn3)N2)c1. The number of carboxylic acid groups (broad SMARTS) is 2. The van der Waals surface area contributed by atoms with Crippen molar-refractivity contribution in [2.45, 2.75) is 19.9 Å². The lowest BCUT2D eigenvalue weighted by Gasteiger charge is -2.23. The van der Waals surface area contributed by atoms with Gasteiger partial charge >= 0.3 is 11.9 Å². The highest BCUT2D eigenvalue weighted by Gasteiger charge is 2.22. The maximum absolute atomic E-state index is 11.8. The fourth-order valence-corrected chi connectivity index (χ4v) is 3.51. The van der Waals surface area contributed by atoms with E-state index in [2.05, 4.69) is 32.1 Å². The smallest absolute Gasteiger partial charge is 0.335 e. The van der Waals surface area contributed by atoms with Crippen LogP contribution in [0.25, 0.3) is 5.70 Å². The minimum Gasteiger partial charge on any atom is -0.478 e. The summed E-state index contributed by atoms with van der Waals surface area (Å²) in [4.78, 5) is 35.9. The number of aromatic carboxylic acids is 1. The average Bonchev–Trinajstić information content (AvgIpc) is 2.83. The van der Waals surface area contributed by atoms with Gasteiger partial charge in [-0.1, -0.05) is 11.8 Å². The molecule has 8 heteroatoms. The molecule has 1 unspecified atom stereocenters. The first-order valence-electron chi connectivity index (χ1n) is 10.3. The average molecular weight is 452 g/mol. The Balaban J connectivity index is 1.69. The lowest BCUT2D eigenvalue weighted by Crippen LogP contribution is -2.25. The number of carbonyl (C=O) groups is 2. The zero-order valence-electron chi connectivity index (χ0n) is 18.4. The molecule has 1 aliphatic heterocycles. The van der Waals surface area contributed by atoms with Gasteiger partial charge in [-0.2, -0.15) is 0 Å². The predicted molar refractivity (Wildman–Crippen MR) is 125 cm³/mol. The molecule has 1 aliphatic rings. The van der Waals surface area contributed by atoms with E-state index in [0.717, 1.165) is 16.7 Å². The maximum atomic E-state index is 11.8. The van der Waals surface area contributed by atoms with Crippen LogP contribution in [0.4, 0.5) is 0 Å². The summed E-state index contributed by atoms with van der Waals surface area (Å²) in [5.41, 5.74) is 5.02. The van der Waals surface area contributed by atoms with Crippen molar-refractivity contribution in [2.24, 2.45) is 0 Å². The maximum Gasteiger partial charge on any atom is 0.335 e. The summed E-state index contributed by atoms with van der Waals surface area (Å²) in [5, 5.41) is 22.1. The first-order valence-corrected chi connectivity index (χ1v) is 10.3. The lowest BCUT2D eigenvalue weighted by molar-refractivity contribution is -0.132. The van der Waals surface area contributed by atoms with Crippen molar-refractivity contribution in [3.05, 3.63) is 106 Å². The van der Waals surface area contributed by atoms with Crippen molar-refractivity contribution < 1.29 is 19.8 Å². The molecule has 0 bridgehead atoms. The topological polar surface area (TPSA) is 125 Å². The van der Waals surface area contributed by atoms with Gasteiger partial charge in [0.05, 0.1) is 34.3 Å². The molecular weight excluding hydrogens is 432 g/mol. The number of nitrogens with one attached hydrogen (secondary N) is 1. The number of aryl methyl sites for hydroxylation is 2. The quantitative estimate of drug-likeness (QED) is 0.515. The summed E-state index contributed by atoms with van der Waals surface area (Å²) in [5.74, 6) is 4.11. The van der Waals surface area contributed by atoms with Gasteiger partial charge in [0, 0.05) is 35.9 Å². The fourth-order valence-electron chi connectivity index (χ4n) is 3.51. The minimum atomic E-state index is -1.11. The number of pyridine rings is 3. The molecule has 3 aromatic heterocycles. The number of dihydropyridines is 1. The van der Waals surface area contributed by atoms with Gasteiger partial charge in [0.1, 0.15) is 0 Å². The number of rotatable bonds is 4. The van der Waals surface area contributed by atoms with E-state index in [4.69, 9.17) is 0 Å². The van der Waals surface area contributed by atoms with Crippen LogP contribution in [0.5, 0.6) is 0 Å². The van der Waals surface area contributed by atoms with E-state index in [0.29, 0.717) is 22.6 Å². The summed E-state index contributed by atoms with van der Waals surface area (Å²) < 4.78 is 0. The third kappa shape index (κ3) is 4.84. The van der Waals surface area contributed by atoms with Gasteiger partial charge in [-0.15, -0.1) is 0 Å². The Morgan fingerprint density at radius 2 is 1.71 bits per heavy atom. The Hall–Kier alpha value is -4.77. The molecule has 0 saturated heterocycles. The Morgan fingerprint density at radius 1 is 0.971 bits per heavy atom. The standard InChI is InChI=1S/C26H20N4O4/c1-15-13-27-14-16(2)20(15)4-3-17-5-7-28-21(9-17)23-11-19(26(33)34)12-24(30-23)22-10-18(25(31)32)6-8-29-22/h5-14,24,30H,1-2H3,(H,31,32)(H,33,34). The van der Waals surface area contributed by atoms with Crippen LogP contribution in [-0.2, 0) is 4.79 Å². The Kier molecular flexibility index (Phi) is 6.19. The first kappa shape index (κ1) is 22.4. The lowest BCUT2D eigenvalue weighted by atomic mass is 10.0. The van der Waals surface area contributed by atoms with E-state index in [1.165, 1.54) is 30.5 Å². The highest BCUT2D eigenvalue weighted by molar-refractivity contribution is 5.93. The molecule has 4 rings (SSSR count). The number of nitrogens with zero attached hydrogens (tertiary/aromatic N) is 3. The van der Waals surface area contributed by atoms with Crippen molar-refractivity contribution in [2.75, 3.05) is 0 Å². The van der Waals surface area contributed by atoms with Crippen LogP contribution in [0.3, 0.4) is 0 Å². The summed E-state index contributed by atoms with van der Waals surface area (Å²) in [6.45, 7) is 3.90. The van der Waals surface area contributed by atoms with Crippen LogP contribution in [0.2, 0.25) is 0 Å². The van der Waals surface area contributed by atoms with Gasteiger partial charge < -0.3 is 15.5 Å². The highest BCUT2D eigenvalue weighted by atomic mass is 16.4. The molecular formula is C26H20N4O4. The molecule has 168 valence electrons. The van der Waals surface area contributed by atoms with Crippen molar-refractivity contribution in [3.63, 3.8) is 0 Å². The molecule has 3 aromatic rings. The van der Waals surface area contributed by atoms with Crippen molar-refractivity contribution >= 4 is 17.6 Å². The molecule has 8 nitrogen and oxygen atoms in total. The number of carboxylic acids is 2. The van der Waals surface area contributed by atoms with Crippen LogP contribution in [-0.4, -0.2) is 37.1 Å². The summed E-state index contributed by atoms with van der Waals surface area (Å²) in [6, 6.07) is 5.68. The fraction of sp³-hybridized carbons (Fsp3) is 0.115. The van der Waals surface area contributed by atoms with E-state index in [1.54, 1.807) is 30.7 Å². The van der Waals surface area contributed by atoms with Crippen molar-refractivity contribution in [1.29, 1.82) is 0 Å². The molecule has 4 heterocycles. The number of aliphatic carboxylic acids is 1. The van der Waals surface area contributed by atoms with Crippen molar-refractivity contribution in [1.82, 2.24) is 20.3 Å². The summed E-state index contributed by atoms with van der Waals surface area (Å²) in [7, 11) is 0. The second-order valence-corrected chi connectivity index (χ2v) is 7.71. The summed E-state index contributed by atoms with van der Waals surface area (Å²) >= 11 is 0. The number of aromatic nitrogens is 3. The summed E-state index contributed by atoms with van der Waals surface area (Å²) in [6.07, 6.45) is 9.47. The minimum absolute atomic E-state index is 0.0441. The molecule has 34 heavy (non-hydrogen) atoms. The van der Waals surface area contributed by atoms with E-state index in [9.17, 15) is 19.8 Å². The zero-order valence-corrected chi connectivity index (χ0v) is 18.4. The normalized spacial score (nSPS) is 14.7. The van der Waals surface area contributed by atoms with E-state index in [1.807, 2.05) is 13.8 Å². The van der Waals surface area contributed by atoms with Crippen LogP contribution >= 0.6 is 0 Å². The largest absolute Gasteiger partial charge is 0.478 e. The van der Waals surface area contributed by atoms with Gasteiger partial charge in [0.15, 0.2) is 0 Å².